The summed E-state index contributed by atoms with van der Waals surface area (Å²) in [6, 6.07) is 10.1. The fourth-order valence-electron chi connectivity index (χ4n) is 2.31. The molecule has 0 aliphatic heterocycles. The van der Waals surface area contributed by atoms with Crippen LogP contribution in [0.4, 0.5) is 5.69 Å². The molecule has 1 aromatic heterocycles. The van der Waals surface area contributed by atoms with E-state index in [1.165, 1.54) is 13.3 Å². The molecule has 3 aromatic rings. The standard InChI is InChI=1S/C18H15ClN2O4/c1-10-13(19)6-4-7-14(10)21-17(22)11(2)25-18(23)12-5-3-8-15-16(12)20-9-24-15/h3-9,11H,1-2H3,(H,21,22). The highest BCUT2D eigenvalue weighted by atomic mass is 35.5. The Balaban J connectivity index is 1.72. The molecule has 128 valence electrons. The summed E-state index contributed by atoms with van der Waals surface area (Å²) in [5.41, 5.74) is 2.42. The van der Waals surface area contributed by atoms with E-state index in [4.69, 9.17) is 20.8 Å². The van der Waals surface area contributed by atoms with E-state index < -0.39 is 18.0 Å². The molecule has 0 spiro atoms. The van der Waals surface area contributed by atoms with Crippen LogP contribution < -0.4 is 5.32 Å². The van der Waals surface area contributed by atoms with Gasteiger partial charge in [-0.2, -0.15) is 0 Å². The molecule has 1 heterocycles. The van der Waals surface area contributed by atoms with Crippen molar-refractivity contribution in [2.45, 2.75) is 20.0 Å². The number of nitrogens with one attached hydrogen (secondary N) is 1. The molecule has 0 aliphatic rings. The maximum Gasteiger partial charge on any atom is 0.341 e. The van der Waals surface area contributed by atoms with Gasteiger partial charge in [0.25, 0.3) is 5.91 Å². The normalized spacial score (nSPS) is 12.0. The van der Waals surface area contributed by atoms with Crippen LogP contribution in [0.1, 0.15) is 22.8 Å². The number of hydrogen-bond donors (Lipinski definition) is 1. The van der Waals surface area contributed by atoms with Crippen molar-refractivity contribution in [2.24, 2.45) is 0 Å². The second-order valence-electron chi connectivity index (χ2n) is 5.45. The Bertz CT molecular complexity index is 951. The summed E-state index contributed by atoms with van der Waals surface area (Å²) in [5, 5.41) is 3.25. The molecule has 3 rings (SSSR count). The predicted molar refractivity (Wildman–Crippen MR) is 93.7 cm³/mol. The summed E-state index contributed by atoms with van der Waals surface area (Å²) < 4.78 is 10.4. The minimum Gasteiger partial charge on any atom is -0.449 e. The molecule has 6 nitrogen and oxygen atoms in total. The number of nitrogens with zero attached hydrogens (tertiary/aromatic N) is 1. The number of carbonyl (C=O) groups is 2. The van der Waals surface area contributed by atoms with Gasteiger partial charge in [-0.25, -0.2) is 9.78 Å². The Morgan fingerprint density at radius 3 is 2.80 bits per heavy atom. The molecule has 1 unspecified atom stereocenters. The zero-order valence-corrected chi connectivity index (χ0v) is 14.3. The molecule has 0 bridgehead atoms. The molecule has 2 aromatic carbocycles. The average Bonchev–Trinajstić information content (AvgIpc) is 3.07. The Kier molecular flexibility index (Phi) is 4.72. The number of benzene rings is 2. The van der Waals surface area contributed by atoms with Crippen molar-refractivity contribution in [2.75, 3.05) is 5.32 Å². The van der Waals surface area contributed by atoms with Crippen LogP contribution in [0.25, 0.3) is 11.1 Å². The zero-order chi connectivity index (χ0) is 18.0. The van der Waals surface area contributed by atoms with Crippen LogP contribution in [0.3, 0.4) is 0 Å². The lowest BCUT2D eigenvalue weighted by atomic mass is 10.2. The fraction of sp³-hybridized carbons (Fsp3) is 0.167. The number of anilines is 1. The average molecular weight is 359 g/mol. The second kappa shape index (κ2) is 6.94. The van der Waals surface area contributed by atoms with Gasteiger partial charge in [-0.05, 0) is 43.7 Å². The first-order chi connectivity index (χ1) is 12.0. The summed E-state index contributed by atoms with van der Waals surface area (Å²) in [6.07, 6.45) is 0.257. The van der Waals surface area contributed by atoms with Gasteiger partial charge in [0.1, 0.15) is 5.52 Å². The summed E-state index contributed by atoms with van der Waals surface area (Å²) in [5.74, 6) is -1.10. The van der Waals surface area contributed by atoms with Gasteiger partial charge in [-0.1, -0.05) is 23.7 Å². The van der Waals surface area contributed by atoms with Gasteiger partial charge in [0.05, 0.1) is 5.56 Å². The number of carbonyl (C=O) groups excluding carboxylic acids is 2. The molecule has 0 radical (unpaired) electrons. The van der Waals surface area contributed by atoms with Crippen LogP contribution in [0.15, 0.2) is 47.2 Å². The van der Waals surface area contributed by atoms with Gasteiger partial charge in [0, 0.05) is 10.7 Å². The number of aromatic nitrogens is 1. The molecular formula is C18H15ClN2O4. The van der Waals surface area contributed by atoms with E-state index >= 15 is 0 Å². The molecule has 1 amide bonds. The van der Waals surface area contributed by atoms with Crippen molar-refractivity contribution < 1.29 is 18.7 Å². The molecule has 0 aliphatic carbocycles. The summed E-state index contributed by atoms with van der Waals surface area (Å²) in [6.45, 7) is 3.29. The van der Waals surface area contributed by atoms with E-state index in [1.807, 2.05) is 0 Å². The van der Waals surface area contributed by atoms with E-state index in [9.17, 15) is 9.59 Å². The third-order valence-corrected chi connectivity index (χ3v) is 4.17. The van der Waals surface area contributed by atoms with Gasteiger partial charge >= 0.3 is 5.97 Å². The lowest BCUT2D eigenvalue weighted by molar-refractivity contribution is -0.123. The number of ether oxygens (including phenoxy) is 1. The van der Waals surface area contributed by atoms with Crippen molar-refractivity contribution in [1.29, 1.82) is 0 Å². The highest BCUT2D eigenvalue weighted by Gasteiger charge is 2.22. The first-order valence-corrected chi connectivity index (χ1v) is 7.94. The summed E-state index contributed by atoms with van der Waals surface area (Å²) in [4.78, 5) is 28.6. The minimum atomic E-state index is -0.993. The van der Waals surface area contributed by atoms with E-state index in [1.54, 1.807) is 43.3 Å². The Labute approximate surface area is 148 Å². The van der Waals surface area contributed by atoms with E-state index in [2.05, 4.69) is 10.3 Å². The lowest BCUT2D eigenvalue weighted by Gasteiger charge is -2.15. The molecule has 7 heteroatoms. The number of amides is 1. The van der Waals surface area contributed by atoms with Gasteiger partial charge in [0.2, 0.25) is 0 Å². The smallest absolute Gasteiger partial charge is 0.341 e. The molecule has 1 N–H and O–H groups in total. The molecule has 0 saturated carbocycles. The van der Waals surface area contributed by atoms with Gasteiger partial charge in [-0.15, -0.1) is 0 Å². The Morgan fingerprint density at radius 2 is 2.00 bits per heavy atom. The Hall–Kier alpha value is -2.86. The van der Waals surface area contributed by atoms with Crippen LogP contribution >= 0.6 is 11.6 Å². The Morgan fingerprint density at radius 1 is 1.24 bits per heavy atom. The number of para-hydroxylation sites is 1. The SMILES string of the molecule is Cc1c(Cl)cccc1NC(=O)C(C)OC(=O)c1cccc2ocnc12. The first kappa shape index (κ1) is 17.0. The molecule has 0 saturated heterocycles. The minimum absolute atomic E-state index is 0.241. The van der Waals surface area contributed by atoms with E-state index in [-0.39, 0.29) is 5.56 Å². The molecule has 1 atom stereocenters. The van der Waals surface area contributed by atoms with E-state index in [0.717, 1.165) is 5.56 Å². The largest absolute Gasteiger partial charge is 0.449 e. The van der Waals surface area contributed by atoms with Crippen molar-refractivity contribution in [3.63, 3.8) is 0 Å². The fourth-order valence-corrected chi connectivity index (χ4v) is 2.48. The highest BCUT2D eigenvalue weighted by Crippen LogP contribution is 2.23. The third-order valence-electron chi connectivity index (χ3n) is 3.76. The number of fused-ring (bicyclic) bond motifs is 1. The molecule has 25 heavy (non-hydrogen) atoms. The van der Waals surface area contributed by atoms with Crippen molar-refractivity contribution in [3.05, 3.63) is 58.9 Å². The number of esters is 1. The maximum atomic E-state index is 12.3. The van der Waals surface area contributed by atoms with Gasteiger partial charge < -0.3 is 14.5 Å². The van der Waals surface area contributed by atoms with Crippen molar-refractivity contribution in [3.8, 4) is 0 Å². The van der Waals surface area contributed by atoms with Crippen molar-refractivity contribution in [1.82, 2.24) is 4.98 Å². The van der Waals surface area contributed by atoms with Crippen LogP contribution in [-0.2, 0) is 9.53 Å². The van der Waals surface area contributed by atoms with Crippen LogP contribution in [0.2, 0.25) is 5.02 Å². The van der Waals surface area contributed by atoms with Crippen LogP contribution in [0, 0.1) is 6.92 Å². The van der Waals surface area contributed by atoms with Gasteiger partial charge in [0.15, 0.2) is 18.1 Å². The number of halogens is 1. The summed E-state index contributed by atoms with van der Waals surface area (Å²) in [7, 11) is 0. The first-order valence-electron chi connectivity index (χ1n) is 7.56. The van der Waals surface area contributed by atoms with Crippen molar-refractivity contribution >= 4 is 40.3 Å². The van der Waals surface area contributed by atoms with Crippen LogP contribution in [-0.4, -0.2) is 23.0 Å². The number of hydrogen-bond acceptors (Lipinski definition) is 5. The van der Waals surface area contributed by atoms with E-state index in [0.29, 0.717) is 21.8 Å². The topological polar surface area (TPSA) is 81.4 Å². The molecular weight excluding hydrogens is 344 g/mol. The highest BCUT2D eigenvalue weighted by molar-refractivity contribution is 6.31. The van der Waals surface area contributed by atoms with Gasteiger partial charge in [-0.3, -0.25) is 4.79 Å². The van der Waals surface area contributed by atoms with Crippen LogP contribution in [0.5, 0.6) is 0 Å². The predicted octanol–water partition coefficient (Wildman–Crippen LogP) is 3.97. The summed E-state index contributed by atoms with van der Waals surface area (Å²) >= 11 is 6.03. The third kappa shape index (κ3) is 3.49. The lowest BCUT2D eigenvalue weighted by Crippen LogP contribution is -2.30. The monoisotopic (exact) mass is 358 g/mol. The maximum absolute atomic E-state index is 12.3. The quantitative estimate of drug-likeness (QED) is 0.713. The zero-order valence-electron chi connectivity index (χ0n) is 13.6. The second-order valence-corrected chi connectivity index (χ2v) is 5.86. The number of oxazole rings is 1. The molecule has 0 fully saturated rings. The number of rotatable bonds is 4.